The van der Waals surface area contributed by atoms with Crippen LogP contribution in [-0.4, -0.2) is 59.8 Å². The average molecular weight is 334 g/mol. The first kappa shape index (κ1) is 18.3. The van der Waals surface area contributed by atoms with E-state index in [1.54, 1.807) is 7.05 Å². The van der Waals surface area contributed by atoms with Crippen molar-refractivity contribution in [1.29, 1.82) is 0 Å². The summed E-state index contributed by atoms with van der Waals surface area (Å²) in [5, 5.41) is 10.3. The van der Waals surface area contributed by atoms with Gasteiger partial charge >= 0.3 is 0 Å². The minimum atomic E-state index is 0.144. The molecule has 24 heavy (non-hydrogen) atoms. The van der Waals surface area contributed by atoms with Gasteiger partial charge in [0.2, 0.25) is 5.91 Å². The number of aliphatic imine (C=N–C) groups is 1. The highest BCUT2D eigenvalue weighted by molar-refractivity contribution is 5.80. The fourth-order valence-electron chi connectivity index (χ4n) is 3.03. The maximum atomic E-state index is 11.5. The molecule has 0 radical (unpaired) electrons. The molecule has 1 fully saturated rings. The van der Waals surface area contributed by atoms with E-state index >= 15 is 0 Å². The van der Waals surface area contributed by atoms with Crippen molar-refractivity contribution in [3.63, 3.8) is 0 Å². The summed E-state index contributed by atoms with van der Waals surface area (Å²) in [4.78, 5) is 18.6. The first-order chi connectivity index (χ1) is 11.6. The van der Waals surface area contributed by atoms with Crippen LogP contribution >= 0.6 is 0 Å². The van der Waals surface area contributed by atoms with Crippen molar-refractivity contribution in [1.82, 2.24) is 25.3 Å². The number of hydrogen-bond acceptors (Lipinski definition) is 3. The van der Waals surface area contributed by atoms with Crippen LogP contribution in [0.5, 0.6) is 0 Å². The zero-order valence-corrected chi connectivity index (χ0v) is 15.1. The highest BCUT2D eigenvalue weighted by Gasteiger charge is 2.22. The van der Waals surface area contributed by atoms with Crippen LogP contribution in [0.3, 0.4) is 0 Å². The van der Waals surface area contributed by atoms with Crippen LogP contribution in [0, 0.1) is 5.92 Å². The van der Waals surface area contributed by atoms with Crippen molar-refractivity contribution in [2.24, 2.45) is 18.0 Å². The molecule has 2 N–H and O–H groups in total. The molecule has 0 aliphatic carbocycles. The topological polar surface area (TPSA) is 74.5 Å². The zero-order valence-electron chi connectivity index (χ0n) is 15.1. The van der Waals surface area contributed by atoms with Gasteiger partial charge in [0.1, 0.15) is 0 Å². The number of amides is 1. The first-order valence-electron chi connectivity index (χ1n) is 8.83. The highest BCUT2D eigenvalue weighted by atomic mass is 16.1. The second-order valence-electron chi connectivity index (χ2n) is 6.32. The summed E-state index contributed by atoms with van der Waals surface area (Å²) in [5.74, 6) is 1.62. The first-order valence-corrected chi connectivity index (χ1v) is 8.83. The summed E-state index contributed by atoms with van der Waals surface area (Å²) in [6.07, 6.45) is 7.55. The molecule has 1 aliphatic rings. The number of carbonyl (C=O) groups excluding carboxylic acids is 1. The van der Waals surface area contributed by atoms with Gasteiger partial charge in [-0.3, -0.25) is 14.5 Å². The third kappa shape index (κ3) is 5.54. The molecule has 1 aliphatic heterocycles. The summed E-state index contributed by atoms with van der Waals surface area (Å²) in [6, 6.07) is 0. The lowest BCUT2D eigenvalue weighted by molar-refractivity contribution is -0.121. The van der Waals surface area contributed by atoms with E-state index in [0.717, 1.165) is 51.4 Å². The minimum absolute atomic E-state index is 0.144. The monoisotopic (exact) mass is 334 g/mol. The molecule has 0 spiro atoms. The Morgan fingerprint density at radius 2 is 2.17 bits per heavy atom. The van der Waals surface area contributed by atoms with Gasteiger partial charge in [0.05, 0.1) is 6.20 Å². The number of nitrogens with one attached hydrogen (secondary N) is 2. The Labute approximate surface area is 144 Å². The van der Waals surface area contributed by atoms with Crippen LogP contribution in [0.2, 0.25) is 0 Å². The van der Waals surface area contributed by atoms with Crippen molar-refractivity contribution in [2.75, 3.05) is 33.2 Å². The molecule has 1 saturated heterocycles. The fourth-order valence-corrected chi connectivity index (χ4v) is 3.03. The van der Waals surface area contributed by atoms with Gasteiger partial charge in [-0.2, -0.15) is 5.10 Å². The summed E-state index contributed by atoms with van der Waals surface area (Å²) in [7, 11) is 3.63. The molecule has 1 amide bonds. The fraction of sp³-hybridized carbons (Fsp3) is 0.706. The van der Waals surface area contributed by atoms with Crippen molar-refractivity contribution in [3.8, 4) is 0 Å². The Hall–Kier alpha value is -2.05. The third-order valence-corrected chi connectivity index (χ3v) is 4.42. The molecule has 0 unspecified atom stereocenters. The number of carbonyl (C=O) groups is 1. The van der Waals surface area contributed by atoms with Crippen molar-refractivity contribution < 1.29 is 4.79 Å². The van der Waals surface area contributed by atoms with Gasteiger partial charge in [0.15, 0.2) is 5.96 Å². The summed E-state index contributed by atoms with van der Waals surface area (Å²) < 4.78 is 1.82. The molecule has 0 atom stereocenters. The molecule has 0 saturated carbocycles. The van der Waals surface area contributed by atoms with Crippen LogP contribution in [0.1, 0.15) is 31.7 Å². The lowest BCUT2D eigenvalue weighted by Crippen LogP contribution is -2.46. The summed E-state index contributed by atoms with van der Waals surface area (Å²) >= 11 is 0. The van der Waals surface area contributed by atoms with Gasteiger partial charge in [-0.05, 0) is 37.7 Å². The normalized spacial score (nSPS) is 16.3. The molecule has 7 heteroatoms. The van der Waals surface area contributed by atoms with Gasteiger partial charge in [0.25, 0.3) is 0 Å². The standard InChI is InChI=1S/C17H30N6O/c1-4-19-17(20-8-5-15-12-21-22(3)13-15)23-9-6-14(7-10-23)11-16(24)18-2/h12-14H,4-11H2,1-3H3,(H,18,24)(H,19,20). The number of aryl methyl sites for hydroxylation is 1. The van der Waals surface area contributed by atoms with Gasteiger partial charge in [0, 0.05) is 52.9 Å². The van der Waals surface area contributed by atoms with E-state index in [2.05, 4.69) is 27.6 Å². The third-order valence-electron chi connectivity index (χ3n) is 4.42. The molecule has 0 aromatic carbocycles. The molecule has 0 bridgehead atoms. The van der Waals surface area contributed by atoms with E-state index in [0.29, 0.717) is 12.3 Å². The predicted molar refractivity (Wildman–Crippen MR) is 95.9 cm³/mol. The Bertz CT molecular complexity index is 545. The van der Waals surface area contributed by atoms with Gasteiger partial charge in [-0.1, -0.05) is 0 Å². The number of nitrogens with zero attached hydrogens (tertiary/aromatic N) is 4. The quantitative estimate of drug-likeness (QED) is 0.595. The summed E-state index contributed by atoms with van der Waals surface area (Å²) in [5.41, 5.74) is 1.21. The maximum Gasteiger partial charge on any atom is 0.220 e. The van der Waals surface area contributed by atoms with E-state index in [1.807, 2.05) is 24.1 Å². The van der Waals surface area contributed by atoms with Crippen LogP contribution in [0.4, 0.5) is 0 Å². The van der Waals surface area contributed by atoms with Gasteiger partial charge in [-0.25, -0.2) is 0 Å². The Morgan fingerprint density at radius 1 is 1.42 bits per heavy atom. The van der Waals surface area contributed by atoms with Crippen LogP contribution < -0.4 is 10.6 Å². The molecular weight excluding hydrogens is 304 g/mol. The Kier molecular flexibility index (Phi) is 7.08. The van der Waals surface area contributed by atoms with E-state index < -0.39 is 0 Å². The average Bonchev–Trinajstić information content (AvgIpc) is 3.00. The molecule has 1 aromatic rings. The zero-order chi connectivity index (χ0) is 17.4. The molecule has 2 heterocycles. The highest BCUT2D eigenvalue weighted by Crippen LogP contribution is 2.20. The molecule has 2 rings (SSSR count). The lowest BCUT2D eigenvalue weighted by Gasteiger charge is -2.34. The van der Waals surface area contributed by atoms with Crippen molar-refractivity contribution in [2.45, 2.75) is 32.6 Å². The van der Waals surface area contributed by atoms with Crippen molar-refractivity contribution >= 4 is 11.9 Å². The number of hydrogen-bond donors (Lipinski definition) is 2. The van der Waals surface area contributed by atoms with E-state index in [1.165, 1.54) is 5.56 Å². The predicted octanol–water partition coefficient (Wildman–Crippen LogP) is 0.776. The number of rotatable bonds is 6. The molecular formula is C17H30N6O. The van der Waals surface area contributed by atoms with E-state index in [-0.39, 0.29) is 5.91 Å². The second-order valence-corrected chi connectivity index (χ2v) is 6.32. The van der Waals surface area contributed by atoms with Crippen LogP contribution in [0.15, 0.2) is 17.4 Å². The molecule has 7 nitrogen and oxygen atoms in total. The number of likely N-dealkylation sites (tertiary alicyclic amines) is 1. The maximum absolute atomic E-state index is 11.5. The molecule has 134 valence electrons. The molecule has 1 aromatic heterocycles. The van der Waals surface area contributed by atoms with Crippen LogP contribution in [-0.2, 0) is 18.3 Å². The van der Waals surface area contributed by atoms with Crippen molar-refractivity contribution in [3.05, 3.63) is 18.0 Å². The second kappa shape index (κ2) is 9.30. The smallest absolute Gasteiger partial charge is 0.220 e. The number of guanidine groups is 1. The Morgan fingerprint density at radius 3 is 2.75 bits per heavy atom. The van der Waals surface area contributed by atoms with Crippen LogP contribution in [0.25, 0.3) is 0 Å². The van der Waals surface area contributed by atoms with Gasteiger partial charge < -0.3 is 15.5 Å². The largest absolute Gasteiger partial charge is 0.359 e. The van der Waals surface area contributed by atoms with Gasteiger partial charge in [-0.15, -0.1) is 0 Å². The lowest BCUT2D eigenvalue weighted by atomic mass is 9.93. The summed E-state index contributed by atoms with van der Waals surface area (Å²) in [6.45, 7) is 5.63. The SMILES string of the molecule is CCNC(=NCCc1cnn(C)c1)N1CCC(CC(=O)NC)CC1. The van der Waals surface area contributed by atoms with E-state index in [9.17, 15) is 4.79 Å². The number of piperidine rings is 1. The number of aromatic nitrogens is 2. The van der Waals surface area contributed by atoms with E-state index in [4.69, 9.17) is 4.99 Å². The minimum Gasteiger partial charge on any atom is -0.359 e. The Balaban J connectivity index is 1.84.